The summed E-state index contributed by atoms with van der Waals surface area (Å²) in [5.41, 5.74) is -1.12. The predicted molar refractivity (Wildman–Crippen MR) is 121 cm³/mol. The van der Waals surface area contributed by atoms with Crippen LogP contribution in [0.2, 0.25) is 5.02 Å². The molecule has 3 N–H and O–H groups in total. The molecule has 0 unspecified atom stereocenters. The average molecular weight is 493 g/mol. The normalized spacial score (nSPS) is 14.8. The SMILES string of the molecule is Cn1cc(C(F)(F)F)cc(Nc2nc3ncc(O/C(C=N)=C4\C=NC=CN4)c(Cl)c3n2C)c1=O. The number of halogens is 4. The fourth-order valence-corrected chi connectivity index (χ4v) is 3.41. The molecular formula is C20H16ClF3N8O2. The Bertz CT molecular complexity index is 1450. The van der Waals surface area contributed by atoms with E-state index in [4.69, 9.17) is 21.7 Å². The first-order valence-electron chi connectivity index (χ1n) is 9.53. The first-order chi connectivity index (χ1) is 16.1. The molecule has 0 aliphatic carbocycles. The van der Waals surface area contributed by atoms with Crippen molar-refractivity contribution >= 4 is 46.8 Å². The first kappa shape index (κ1) is 23.0. The number of hydrogen-bond acceptors (Lipinski definition) is 8. The van der Waals surface area contributed by atoms with E-state index in [0.29, 0.717) is 23.5 Å². The van der Waals surface area contributed by atoms with E-state index in [0.717, 1.165) is 10.8 Å². The summed E-state index contributed by atoms with van der Waals surface area (Å²) in [4.78, 5) is 24.8. The smallest absolute Gasteiger partial charge is 0.417 e. The lowest BCUT2D eigenvalue weighted by molar-refractivity contribution is -0.138. The summed E-state index contributed by atoms with van der Waals surface area (Å²) in [6.07, 6.45) is 2.87. The van der Waals surface area contributed by atoms with Crippen LogP contribution in [0.5, 0.6) is 5.75 Å². The van der Waals surface area contributed by atoms with Crippen molar-refractivity contribution in [2.75, 3.05) is 5.32 Å². The van der Waals surface area contributed by atoms with Crippen LogP contribution in [0, 0.1) is 5.41 Å². The van der Waals surface area contributed by atoms with E-state index in [1.54, 1.807) is 13.2 Å². The summed E-state index contributed by atoms with van der Waals surface area (Å²) < 4.78 is 47.6. The molecule has 3 aromatic rings. The number of nitrogens with zero attached hydrogens (tertiary/aromatic N) is 5. The van der Waals surface area contributed by atoms with Gasteiger partial charge in [0.15, 0.2) is 17.2 Å². The highest BCUT2D eigenvalue weighted by Gasteiger charge is 2.32. The highest BCUT2D eigenvalue weighted by atomic mass is 35.5. The van der Waals surface area contributed by atoms with Gasteiger partial charge >= 0.3 is 6.18 Å². The van der Waals surface area contributed by atoms with Gasteiger partial charge in [-0.2, -0.15) is 18.2 Å². The molecule has 14 heteroatoms. The van der Waals surface area contributed by atoms with Gasteiger partial charge in [-0.15, -0.1) is 0 Å². The molecule has 4 heterocycles. The molecule has 0 radical (unpaired) electrons. The van der Waals surface area contributed by atoms with Crippen molar-refractivity contribution in [3.8, 4) is 5.75 Å². The topological polar surface area (TPSA) is 122 Å². The second-order valence-electron chi connectivity index (χ2n) is 7.05. The summed E-state index contributed by atoms with van der Waals surface area (Å²) in [7, 11) is 2.76. The number of fused-ring (bicyclic) bond motifs is 1. The largest absolute Gasteiger partial charge is 0.450 e. The van der Waals surface area contributed by atoms with Gasteiger partial charge in [-0.25, -0.2) is 4.98 Å². The van der Waals surface area contributed by atoms with Crippen molar-refractivity contribution < 1.29 is 17.9 Å². The Morgan fingerprint density at radius 2 is 2.12 bits per heavy atom. The molecular weight excluding hydrogens is 477 g/mol. The van der Waals surface area contributed by atoms with Crippen molar-refractivity contribution in [1.82, 2.24) is 24.4 Å². The fourth-order valence-electron chi connectivity index (χ4n) is 3.11. The van der Waals surface area contributed by atoms with Crippen molar-refractivity contribution in [1.29, 1.82) is 5.41 Å². The number of aromatic nitrogens is 4. The Balaban J connectivity index is 1.74. The first-order valence-corrected chi connectivity index (χ1v) is 9.91. The second kappa shape index (κ2) is 8.67. The minimum Gasteiger partial charge on any atom is -0.450 e. The van der Waals surface area contributed by atoms with E-state index in [1.165, 1.54) is 30.2 Å². The monoisotopic (exact) mass is 492 g/mol. The molecule has 0 bridgehead atoms. The van der Waals surface area contributed by atoms with Crippen LogP contribution in [0.4, 0.5) is 24.8 Å². The zero-order chi connectivity index (χ0) is 24.6. The summed E-state index contributed by atoms with van der Waals surface area (Å²) >= 11 is 6.51. The van der Waals surface area contributed by atoms with Gasteiger partial charge in [0.05, 0.1) is 24.2 Å². The van der Waals surface area contributed by atoms with Gasteiger partial charge in [-0.3, -0.25) is 9.79 Å². The van der Waals surface area contributed by atoms with Gasteiger partial charge < -0.3 is 29.9 Å². The number of ether oxygens (including phenoxy) is 1. The summed E-state index contributed by atoms with van der Waals surface area (Å²) in [5.74, 6) is 0.258. The van der Waals surface area contributed by atoms with Gasteiger partial charge in [0, 0.05) is 32.7 Å². The van der Waals surface area contributed by atoms with Crippen LogP contribution in [0.25, 0.3) is 11.2 Å². The van der Waals surface area contributed by atoms with Gasteiger partial charge in [0.25, 0.3) is 5.56 Å². The zero-order valence-corrected chi connectivity index (χ0v) is 18.4. The van der Waals surface area contributed by atoms with E-state index in [2.05, 4.69) is 25.6 Å². The summed E-state index contributed by atoms with van der Waals surface area (Å²) in [5, 5.41) is 13.2. The van der Waals surface area contributed by atoms with E-state index in [1.807, 2.05) is 0 Å². The van der Waals surface area contributed by atoms with Gasteiger partial charge in [-0.05, 0) is 6.07 Å². The Morgan fingerprint density at radius 3 is 2.76 bits per heavy atom. The van der Waals surface area contributed by atoms with Crippen LogP contribution < -0.4 is 20.9 Å². The number of pyridine rings is 2. The number of alkyl halides is 3. The Hall–Kier alpha value is -4.13. The Morgan fingerprint density at radius 1 is 1.35 bits per heavy atom. The Labute approximate surface area is 194 Å². The molecule has 0 saturated carbocycles. The predicted octanol–water partition coefficient (Wildman–Crippen LogP) is 3.47. The molecule has 3 aromatic heterocycles. The van der Waals surface area contributed by atoms with Gasteiger partial charge in [-0.1, -0.05) is 11.6 Å². The molecule has 1 aliphatic rings. The maximum absolute atomic E-state index is 13.2. The number of anilines is 2. The van der Waals surface area contributed by atoms with E-state index in [-0.39, 0.29) is 33.8 Å². The standard InChI is InChI=1S/C20H16ClF3N8O2/c1-31-9-10(20(22,23)24)5-11(18(31)33)29-19-30-17-16(32(19)2)15(21)14(8-28-17)34-13(6-25)12-7-26-3-4-27-12/h3-9,25,27H,1-2H3,(H,28,29,30)/b13-12+,25-6?. The highest BCUT2D eigenvalue weighted by Crippen LogP contribution is 2.34. The number of rotatable bonds is 5. The van der Waals surface area contributed by atoms with Gasteiger partial charge in [0.2, 0.25) is 5.95 Å². The zero-order valence-electron chi connectivity index (χ0n) is 17.6. The van der Waals surface area contributed by atoms with Gasteiger partial charge in [0.1, 0.15) is 21.9 Å². The molecule has 176 valence electrons. The molecule has 0 amide bonds. The highest BCUT2D eigenvalue weighted by molar-refractivity contribution is 6.36. The fraction of sp³-hybridized carbons (Fsp3) is 0.150. The number of imidazole rings is 1. The molecule has 10 nitrogen and oxygen atoms in total. The van der Waals surface area contributed by atoms with Crippen molar-refractivity contribution in [3.05, 3.63) is 63.3 Å². The van der Waals surface area contributed by atoms with Crippen LogP contribution in [-0.4, -0.2) is 31.5 Å². The molecule has 0 atom stereocenters. The van der Waals surface area contributed by atoms with Crippen LogP contribution in [0.3, 0.4) is 0 Å². The van der Waals surface area contributed by atoms with E-state index in [9.17, 15) is 18.0 Å². The van der Waals surface area contributed by atoms with Crippen molar-refractivity contribution in [3.63, 3.8) is 0 Å². The lowest BCUT2D eigenvalue weighted by atomic mass is 10.2. The van der Waals surface area contributed by atoms with Crippen LogP contribution in [0.1, 0.15) is 5.56 Å². The van der Waals surface area contributed by atoms with E-state index >= 15 is 0 Å². The van der Waals surface area contributed by atoms with Crippen molar-refractivity contribution in [2.24, 2.45) is 19.1 Å². The quantitative estimate of drug-likeness (QED) is 0.370. The van der Waals surface area contributed by atoms with Crippen LogP contribution in [-0.2, 0) is 20.3 Å². The molecule has 0 aromatic carbocycles. The maximum Gasteiger partial charge on any atom is 0.417 e. The van der Waals surface area contributed by atoms with Crippen molar-refractivity contribution in [2.45, 2.75) is 6.18 Å². The summed E-state index contributed by atoms with van der Waals surface area (Å²) in [6.45, 7) is 0. The Kier molecular flexibility index (Phi) is 5.87. The third-order valence-electron chi connectivity index (χ3n) is 4.78. The maximum atomic E-state index is 13.2. The molecule has 4 rings (SSSR count). The molecule has 34 heavy (non-hydrogen) atoms. The third-order valence-corrected chi connectivity index (χ3v) is 5.15. The minimum absolute atomic E-state index is 0.0369. The minimum atomic E-state index is -4.64. The number of aliphatic imine (C=N–C) groups is 1. The molecule has 0 spiro atoms. The molecule has 1 aliphatic heterocycles. The number of allylic oxidation sites excluding steroid dienone is 2. The molecule has 0 fully saturated rings. The average Bonchev–Trinajstić information content (AvgIpc) is 3.12. The molecule has 0 saturated heterocycles. The van der Waals surface area contributed by atoms with Crippen LogP contribution >= 0.6 is 11.6 Å². The number of aryl methyl sites for hydroxylation is 2. The third kappa shape index (κ3) is 4.24. The van der Waals surface area contributed by atoms with Crippen LogP contribution in [0.15, 0.2) is 52.1 Å². The van der Waals surface area contributed by atoms with E-state index < -0.39 is 17.3 Å². The second-order valence-corrected chi connectivity index (χ2v) is 7.42. The lowest BCUT2D eigenvalue weighted by Crippen LogP contribution is -2.23. The summed E-state index contributed by atoms with van der Waals surface area (Å²) in [6, 6.07) is 0.709. The number of nitrogens with one attached hydrogen (secondary N) is 3. The number of hydrogen-bond donors (Lipinski definition) is 3. The lowest BCUT2D eigenvalue weighted by Gasteiger charge is -2.13.